The summed E-state index contributed by atoms with van der Waals surface area (Å²) >= 11 is 11.2. The maximum absolute atomic E-state index is 11.0. The summed E-state index contributed by atoms with van der Waals surface area (Å²) in [5.74, 6) is -0.979. The molecule has 0 spiro atoms. The van der Waals surface area contributed by atoms with Crippen LogP contribution in [0.3, 0.4) is 0 Å². The maximum atomic E-state index is 11.0. The highest BCUT2D eigenvalue weighted by Gasteiger charge is 2.08. The van der Waals surface area contributed by atoms with Crippen LogP contribution in [0.25, 0.3) is 0 Å². The molecule has 0 saturated heterocycles. The molecule has 22 heavy (non-hydrogen) atoms. The Balaban J connectivity index is 2.17. The van der Waals surface area contributed by atoms with Crippen LogP contribution in [0.15, 0.2) is 36.4 Å². The van der Waals surface area contributed by atoms with Crippen LogP contribution < -0.4 is 10.6 Å². The number of carbonyl (C=O) groups is 1. The van der Waals surface area contributed by atoms with Gasteiger partial charge in [0.25, 0.3) is 0 Å². The first kappa shape index (κ1) is 16.3. The summed E-state index contributed by atoms with van der Waals surface area (Å²) in [5, 5.41) is 16.1. The Kier molecular flexibility index (Phi) is 5.00. The van der Waals surface area contributed by atoms with Gasteiger partial charge in [0.2, 0.25) is 0 Å². The molecule has 114 valence electrons. The van der Waals surface area contributed by atoms with Gasteiger partial charge in [-0.25, -0.2) is 4.79 Å². The van der Waals surface area contributed by atoms with Crippen molar-refractivity contribution in [1.82, 2.24) is 0 Å². The molecule has 0 saturated carbocycles. The highest BCUT2D eigenvalue weighted by Crippen LogP contribution is 2.21. The zero-order valence-electron chi connectivity index (χ0n) is 12.1. The molecule has 0 aliphatic carbocycles. The molecular weight excluding hydrogens is 320 g/mol. The van der Waals surface area contributed by atoms with E-state index < -0.39 is 5.97 Å². The zero-order valence-corrected chi connectivity index (χ0v) is 13.7. The number of carboxylic acids is 1. The topological polar surface area (TPSA) is 61.4 Å². The van der Waals surface area contributed by atoms with Gasteiger partial charge in [0.05, 0.1) is 5.56 Å². The van der Waals surface area contributed by atoms with E-state index in [1.165, 1.54) is 0 Å². The quantitative estimate of drug-likeness (QED) is 0.723. The minimum atomic E-state index is -0.979. The lowest BCUT2D eigenvalue weighted by atomic mass is 10.1. The highest BCUT2D eigenvalue weighted by atomic mass is 35.5. The SMILES string of the molecule is Cc1ccc(Cl)cc1NC(=S)Nc1cc(C(=O)O)ccc1C. The second-order valence-corrected chi connectivity index (χ2v) is 5.72. The molecule has 4 nitrogen and oxygen atoms in total. The summed E-state index contributed by atoms with van der Waals surface area (Å²) < 4.78 is 0. The fraction of sp³-hybridized carbons (Fsp3) is 0.125. The van der Waals surface area contributed by atoms with E-state index in [9.17, 15) is 4.79 Å². The van der Waals surface area contributed by atoms with Gasteiger partial charge in [-0.1, -0.05) is 23.7 Å². The van der Waals surface area contributed by atoms with Crippen LogP contribution in [0, 0.1) is 13.8 Å². The summed E-state index contributed by atoms with van der Waals surface area (Å²) in [6.45, 7) is 3.82. The van der Waals surface area contributed by atoms with E-state index >= 15 is 0 Å². The third-order valence-electron chi connectivity index (χ3n) is 3.18. The van der Waals surface area contributed by atoms with E-state index in [0.717, 1.165) is 16.8 Å². The molecule has 0 aromatic heterocycles. The Morgan fingerprint density at radius 2 is 1.59 bits per heavy atom. The zero-order chi connectivity index (χ0) is 16.3. The van der Waals surface area contributed by atoms with Crippen LogP contribution in [0.1, 0.15) is 21.5 Å². The Hall–Kier alpha value is -2.11. The second-order valence-electron chi connectivity index (χ2n) is 4.87. The first-order chi connectivity index (χ1) is 10.4. The normalized spacial score (nSPS) is 10.1. The number of hydrogen-bond donors (Lipinski definition) is 3. The molecule has 0 fully saturated rings. The number of aryl methyl sites for hydroxylation is 2. The molecule has 0 heterocycles. The number of halogens is 1. The number of nitrogens with one attached hydrogen (secondary N) is 2. The average Bonchev–Trinajstić information content (AvgIpc) is 2.45. The van der Waals surface area contributed by atoms with E-state index in [-0.39, 0.29) is 5.56 Å². The van der Waals surface area contributed by atoms with E-state index in [4.69, 9.17) is 28.9 Å². The minimum Gasteiger partial charge on any atom is -0.478 e. The van der Waals surface area contributed by atoms with Gasteiger partial charge in [0.15, 0.2) is 5.11 Å². The van der Waals surface area contributed by atoms with Gasteiger partial charge < -0.3 is 15.7 Å². The third kappa shape index (κ3) is 3.96. The van der Waals surface area contributed by atoms with Crippen molar-refractivity contribution in [3.63, 3.8) is 0 Å². The average molecular weight is 335 g/mol. The van der Waals surface area contributed by atoms with Crippen LogP contribution in [0.2, 0.25) is 5.02 Å². The lowest BCUT2D eigenvalue weighted by molar-refractivity contribution is 0.0697. The molecule has 0 unspecified atom stereocenters. The van der Waals surface area contributed by atoms with Gasteiger partial charge in [0.1, 0.15) is 0 Å². The fourth-order valence-corrected chi connectivity index (χ4v) is 2.29. The summed E-state index contributed by atoms with van der Waals surface area (Å²) in [5.41, 5.74) is 3.56. The van der Waals surface area contributed by atoms with E-state index in [0.29, 0.717) is 15.8 Å². The van der Waals surface area contributed by atoms with E-state index in [1.54, 1.807) is 30.3 Å². The molecule has 0 atom stereocenters. The Morgan fingerprint density at radius 3 is 2.18 bits per heavy atom. The van der Waals surface area contributed by atoms with Crippen LogP contribution in [0.4, 0.5) is 11.4 Å². The molecule has 2 aromatic rings. The van der Waals surface area contributed by atoms with Crippen molar-refractivity contribution in [1.29, 1.82) is 0 Å². The molecule has 0 aliphatic heterocycles. The number of anilines is 2. The predicted molar refractivity (Wildman–Crippen MR) is 94.2 cm³/mol. The lowest BCUT2D eigenvalue weighted by Gasteiger charge is -2.14. The molecule has 3 N–H and O–H groups in total. The van der Waals surface area contributed by atoms with Crippen LogP contribution in [-0.2, 0) is 0 Å². The Morgan fingerprint density at radius 1 is 1.05 bits per heavy atom. The van der Waals surface area contributed by atoms with Gasteiger partial charge in [-0.3, -0.25) is 0 Å². The Bertz CT molecular complexity index is 747. The molecule has 0 aliphatic rings. The predicted octanol–water partition coefficient (Wildman–Crippen LogP) is 4.46. The Labute approximate surface area is 139 Å². The van der Waals surface area contributed by atoms with Crippen molar-refractivity contribution in [2.45, 2.75) is 13.8 Å². The van der Waals surface area contributed by atoms with Crippen molar-refractivity contribution < 1.29 is 9.90 Å². The first-order valence-electron chi connectivity index (χ1n) is 6.55. The van der Waals surface area contributed by atoms with Gasteiger partial charge in [-0.15, -0.1) is 0 Å². The maximum Gasteiger partial charge on any atom is 0.335 e. The van der Waals surface area contributed by atoms with Crippen molar-refractivity contribution in [2.24, 2.45) is 0 Å². The first-order valence-corrected chi connectivity index (χ1v) is 7.33. The summed E-state index contributed by atoms with van der Waals surface area (Å²) in [6, 6.07) is 10.3. The largest absolute Gasteiger partial charge is 0.478 e. The molecule has 0 radical (unpaired) electrons. The number of benzene rings is 2. The van der Waals surface area contributed by atoms with Gasteiger partial charge >= 0.3 is 5.97 Å². The number of carboxylic acid groups (broad SMARTS) is 1. The van der Waals surface area contributed by atoms with Crippen molar-refractivity contribution >= 4 is 46.3 Å². The molecule has 0 bridgehead atoms. The van der Waals surface area contributed by atoms with Gasteiger partial charge in [-0.2, -0.15) is 0 Å². The standard InChI is InChI=1S/C16H15ClN2O2S/c1-9-3-5-11(15(20)21)7-13(9)18-16(22)19-14-8-12(17)6-4-10(14)2/h3-8H,1-2H3,(H,20,21)(H2,18,19,22). The van der Waals surface area contributed by atoms with Gasteiger partial charge in [0, 0.05) is 16.4 Å². The molecular formula is C16H15ClN2O2S. The fourth-order valence-electron chi connectivity index (χ4n) is 1.89. The number of thiocarbonyl (C=S) groups is 1. The molecule has 2 rings (SSSR count). The van der Waals surface area contributed by atoms with Crippen molar-refractivity contribution in [2.75, 3.05) is 10.6 Å². The monoisotopic (exact) mass is 334 g/mol. The summed E-state index contributed by atoms with van der Waals surface area (Å²) in [7, 11) is 0. The number of hydrogen-bond acceptors (Lipinski definition) is 2. The number of rotatable bonds is 3. The lowest BCUT2D eigenvalue weighted by Crippen LogP contribution is -2.20. The minimum absolute atomic E-state index is 0.204. The van der Waals surface area contributed by atoms with Crippen molar-refractivity contribution in [3.05, 3.63) is 58.1 Å². The van der Waals surface area contributed by atoms with Crippen LogP contribution >= 0.6 is 23.8 Å². The summed E-state index contributed by atoms with van der Waals surface area (Å²) in [4.78, 5) is 11.0. The number of aromatic carboxylic acids is 1. The third-order valence-corrected chi connectivity index (χ3v) is 3.62. The van der Waals surface area contributed by atoms with Gasteiger partial charge in [-0.05, 0) is 61.5 Å². The molecule has 0 amide bonds. The highest BCUT2D eigenvalue weighted by molar-refractivity contribution is 7.80. The van der Waals surface area contributed by atoms with Crippen molar-refractivity contribution in [3.8, 4) is 0 Å². The van der Waals surface area contributed by atoms with E-state index in [1.807, 2.05) is 19.9 Å². The molecule has 2 aromatic carbocycles. The smallest absolute Gasteiger partial charge is 0.335 e. The molecule has 6 heteroatoms. The van der Waals surface area contributed by atoms with Crippen LogP contribution in [0.5, 0.6) is 0 Å². The summed E-state index contributed by atoms with van der Waals surface area (Å²) in [6.07, 6.45) is 0. The van der Waals surface area contributed by atoms with E-state index in [2.05, 4.69) is 10.6 Å². The second kappa shape index (κ2) is 6.77. The van der Waals surface area contributed by atoms with Crippen LogP contribution in [-0.4, -0.2) is 16.2 Å².